The number of carbonyl (C=O) groups excluding carboxylic acids is 1. The fraction of sp³-hybridized carbons (Fsp3) is 0.400. The molecule has 0 bridgehead atoms. The predicted octanol–water partition coefficient (Wildman–Crippen LogP) is 1.73. The lowest BCUT2D eigenvalue weighted by Gasteiger charge is -2.14. The second-order valence-electron chi connectivity index (χ2n) is 3.10. The van der Waals surface area contributed by atoms with Gasteiger partial charge in [-0.1, -0.05) is 13.3 Å². The average Bonchev–Trinajstić information content (AvgIpc) is 2.61. The smallest absolute Gasteiger partial charge is 0.326 e. The van der Waals surface area contributed by atoms with Crippen LogP contribution in [0.15, 0.2) is 18.3 Å². The Kier molecular flexibility index (Phi) is 3.45. The van der Waals surface area contributed by atoms with Crippen LogP contribution in [0.5, 0.6) is 0 Å². The third-order valence-corrected chi connectivity index (χ3v) is 2.12. The molecule has 0 saturated carbocycles. The van der Waals surface area contributed by atoms with Gasteiger partial charge in [-0.15, -0.1) is 0 Å². The van der Waals surface area contributed by atoms with Gasteiger partial charge in [0.25, 0.3) is 0 Å². The van der Waals surface area contributed by atoms with Gasteiger partial charge in [0, 0.05) is 6.20 Å². The quantitative estimate of drug-likeness (QED) is 0.728. The number of aromatic nitrogens is 1. The fourth-order valence-electron chi connectivity index (χ4n) is 1.45. The number of carbonyl (C=O) groups is 2. The molecule has 4 nitrogen and oxygen atoms in total. The van der Waals surface area contributed by atoms with E-state index in [-0.39, 0.29) is 0 Å². The Labute approximate surface area is 82.2 Å². The van der Waals surface area contributed by atoms with Crippen LogP contribution >= 0.6 is 0 Å². The van der Waals surface area contributed by atoms with Crippen LogP contribution in [0.1, 0.15) is 36.3 Å². The summed E-state index contributed by atoms with van der Waals surface area (Å²) in [4.78, 5) is 21.5. The van der Waals surface area contributed by atoms with Gasteiger partial charge in [-0.3, -0.25) is 4.79 Å². The number of nitrogens with zero attached hydrogens (tertiary/aromatic N) is 1. The summed E-state index contributed by atoms with van der Waals surface area (Å²) in [6.45, 7) is 1.92. The van der Waals surface area contributed by atoms with E-state index in [0.717, 1.165) is 6.42 Å². The molecule has 1 aromatic heterocycles. The van der Waals surface area contributed by atoms with Crippen molar-refractivity contribution < 1.29 is 14.7 Å². The molecular weight excluding hydrogens is 182 g/mol. The molecule has 0 amide bonds. The molecule has 1 atom stereocenters. The van der Waals surface area contributed by atoms with E-state index < -0.39 is 12.0 Å². The normalized spacial score (nSPS) is 12.4. The van der Waals surface area contributed by atoms with Crippen LogP contribution in [0.25, 0.3) is 0 Å². The lowest BCUT2D eigenvalue weighted by Crippen LogP contribution is -2.19. The first-order valence-corrected chi connectivity index (χ1v) is 4.55. The van der Waals surface area contributed by atoms with Crippen LogP contribution < -0.4 is 0 Å². The molecule has 0 spiro atoms. The summed E-state index contributed by atoms with van der Waals surface area (Å²) >= 11 is 0. The molecule has 0 aliphatic heterocycles. The van der Waals surface area contributed by atoms with E-state index in [1.54, 1.807) is 18.3 Å². The summed E-state index contributed by atoms with van der Waals surface area (Å²) in [6, 6.07) is 2.66. The van der Waals surface area contributed by atoms with Crippen LogP contribution in [-0.2, 0) is 4.79 Å². The Bertz CT molecular complexity index is 330. The molecule has 1 aromatic rings. The van der Waals surface area contributed by atoms with Crippen molar-refractivity contribution in [3.8, 4) is 0 Å². The van der Waals surface area contributed by atoms with Gasteiger partial charge in [0.15, 0.2) is 6.29 Å². The summed E-state index contributed by atoms with van der Waals surface area (Å²) in [7, 11) is 0. The van der Waals surface area contributed by atoms with Gasteiger partial charge >= 0.3 is 5.97 Å². The van der Waals surface area contributed by atoms with E-state index in [4.69, 9.17) is 5.11 Å². The molecule has 0 aromatic carbocycles. The zero-order valence-corrected chi connectivity index (χ0v) is 8.01. The first-order valence-electron chi connectivity index (χ1n) is 4.55. The highest BCUT2D eigenvalue weighted by Gasteiger charge is 2.19. The van der Waals surface area contributed by atoms with E-state index in [1.165, 1.54) is 4.57 Å². The van der Waals surface area contributed by atoms with E-state index in [0.29, 0.717) is 18.4 Å². The number of rotatable bonds is 5. The molecule has 0 aliphatic rings. The van der Waals surface area contributed by atoms with E-state index in [2.05, 4.69) is 0 Å². The van der Waals surface area contributed by atoms with Crippen molar-refractivity contribution in [1.29, 1.82) is 0 Å². The van der Waals surface area contributed by atoms with Gasteiger partial charge in [0.1, 0.15) is 6.04 Å². The monoisotopic (exact) mass is 195 g/mol. The third-order valence-electron chi connectivity index (χ3n) is 2.12. The van der Waals surface area contributed by atoms with Crippen LogP contribution in [0, 0.1) is 0 Å². The standard InChI is InChI=1S/C10H13NO3/c1-2-4-9(10(13)14)11-6-3-5-8(11)7-12/h3,5-7,9H,2,4H2,1H3,(H,13,14). The Morgan fingerprint density at radius 3 is 2.93 bits per heavy atom. The molecule has 1 rings (SSSR count). The third kappa shape index (κ3) is 2.02. The van der Waals surface area contributed by atoms with Gasteiger partial charge in [-0.2, -0.15) is 0 Å². The molecule has 0 aliphatic carbocycles. The van der Waals surface area contributed by atoms with Gasteiger partial charge in [0.2, 0.25) is 0 Å². The summed E-state index contributed by atoms with van der Waals surface area (Å²) in [5, 5.41) is 8.96. The van der Waals surface area contributed by atoms with Crippen LogP contribution in [-0.4, -0.2) is 21.9 Å². The van der Waals surface area contributed by atoms with Crippen molar-refractivity contribution >= 4 is 12.3 Å². The number of carboxylic acids is 1. The SMILES string of the molecule is CCCC(C(=O)O)n1cccc1C=O. The Morgan fingerprint density at radius 1 is 1.71 bits per heavy atom. The molecule has 0 saturated heterocycles. The molecule has 4 heteroatoms. The summed E-state index contributed by atoms with van der Waals surface area (Å²) in [5.74, 6) is -0.897. The van der Waals surface area contributed by atoms with Crippen molar-refractivity contribution in [1.82, 2.24) is 4.57 Å². The van der Waals surface area contributed by atoms with Gasteiger partial charge in [-0.25, -0.2) is 4.79 Å². The number of aldehydes is 1. The van der Waals surface area contributed by atoms with Gasteiger partial charge < -0.3 is 9.67 Å². The maximum absolute atomic E-state index is 10.9. The number of hydrogen-bond donors (Lipinski definition) is 1. The minimum Gasteiger partial charge on any atom is -0.480 e. The molecule has 14 heavy (non-hydrogen) atoms. The molecule has 1 heterocycles. The predicted molar refractivity (Wildman–Crippen MR) is 51.4 cm³/mol. The van der Waals surface area contributed by atoms with E-state index in [1.807, 2.05) is 6.92 Å². The van der Waals surface area contributed by atoms with Crippen LogP contribution in [0.2, 0.25) is 0 Å². The lowest BCUT2D eigenvalue weighted by atomic mass is 10.1. The first kappa shape index (κ1) is 10.5. The Balaban J connectivity index is 2.97. The Morgan fingerprint density at radius 2 is 2.43 bits per heavy atom. The van der Waals surface area contributed by atoms with Gasteiger partial charge in [0.05, 0.1) is 5.69 Å². The van der Waals surface area contributed by atoms with Gasteiger partial charge in [-0.05, 0) is 18.6 Å². The molecule has 1 unspecified atom stereocenters. The van der Waals surface area contributed by atoms with Crippen molar-refractivity contribution in [3.63, 3.8) is 0 Å². The van der Waals surface area contributed by atoms with E-state index in [9.17, 15) is 9.59 Å². The molecule has 0 radical (unpaired) electrons. The average molecular weight is 195 g/mol. The van der Waals surface area contributed by atoms with Crippen molar-refractivity contribution in [2.24, 2.45) is 0 Å². The largest absolute Gasteiger partial charge is 0.480 e. The minimum atomic E-state index is -0.897. The summed E-state index contributed by atoms with van der Waals surface area (Å²) in [6.07, 6.45) is 3.60. The first-order chi connectivity index (χ1) is 6.70. The lowest BCUT2D eigenvalue weighted by molar-refractivity contribution is -0.141. The zero-order valence-electron chi connectivity index (χ0n) is 8.01. The number of carboxylic acid groups (broad SMARTS) is 1. The maximum atomic E-state index is 10.9. The summed E-state index contributed by atoms with van der Waals surface area (Å²) < 4.78 is 1.50. The number of hydrogen-bond acceptors (Lipinski definition) is 2. The van der Waals surface area contributed by atoms with Crippen LogP contribution in [0.3, 0.4) is 0 Å². The Hall–Kier alpha value is -1.58. The zero-order chi connectivity index (χ0) is 10.6. The van der Waals surface area contributed by atoms with E-state index >= 15 is 0 Å². The van der Waals surface area contributed by atoms with Crippen molar-refractivity contribution in [2.75, 3.05) is 0 Å². The second kappa shape index (κ2) is 4.60. The maximum Gasteiger partial charge on any atom is 0.326 e. The topological polar surface area (TPSA) is 59.3 Å². The summed E-state index contributed by atoms with van der Waals surface area (Å²) in [5.41, 5.74) is 0.408. The van der Waals surface area contributed by atoms with Crippen molar-refractivity contribution in [2.45, 2.75) is 25.8 Å². The number of aliphatic carboxylic acids is 1. The van der Waals surface area contributed by atoms with Crippen LogP contribution in [0.4, 0.5) is 0 Å². The van der Waals surface area contributed by atoms with Crippen molar-refractivity contribution in [3.05, 3.63) is 24.0 Å². The molecule has 76 valence electrons. The highest BCUT2D eigenvalue weighted by Crippen LogP contribution is 2.16. The molecular formula is C10H13NO3. The molecule has 0 fully saturated rings. The highest BCUT2D eigenvalue weighted by molar-refractivity contribution is 5.76. The minimum absolute atomic E-state index is 0.408. The fourth-order valence-corrected chi connectivity index (χ4v) is 1.45. The molecule has 1 N–H and O–H groups in total. The second-order valence-corrected chi connectivity index (χ2v) is 3.10. The highest BCUT2D eigenvalue weighted by atomic mass is 16.4.